The van der Waals surface area contributed by atoms with E-state index in [-0.39, 0.29) is 5.78 Å². The van der Waals surface area contributed by atoms with Gasteiger partial charge in [-0.15, -0.1) is 11.8 Å². The van der Waals surface area contributed by atoms with Crippen molar-refractivity contribution < 1.29 is 4.79 Å². The number of pyridine rings is 1. The van der Waals surface area contributed by atoms with E-state index < -0.39 is 0 Å². The third-order valence-corrected chi connectivity index (χ3v) is 6.31. The molecular weight excluding hydrogens is 444 g/mol. The summed E-state index contributed by atoms with van der Waals surface area (Å²) in [5.74, 6) is 0.489. The Hall–Kier alpha value is -2.63. The Bertz CT molecular complexity index is 1140. The number of anilines is 1. The van der Waals surface area contributed by atoms with Crippen LogP contribution in [0.2, 0.25) is 0 Å². The van der Waals surface area contributed by atoms with Gasteiger partial charge in [0.05, 0.1) is 11.3 Å². The van der Waals surface area contributed by atoms with Gasteiger partial charge in [-0.25, -0.2) is 0 Å². The van der Waals surface area contributed by atoms with Crippen molar-refractivity contribution in [3.63, 3.8) is 0 Å². The highest BCUT2D eigenvalue weighted by molar-refractivity contribution is 9.10. The van der Waals surface area contributed by atoms with Crippen LogP contribution < -0.4 is 5.32 Å². The molecule has 0 spiro atoms. The van der Waals surface area contributed by atoms with E-state index in [0.717, 1.165) is 32.5 Å². The summed E-state index contributed by atoms with van der Waals surface area (Å²) in [6, 6.07) is 25.9. The summed E-state index contributed by atoms with van der Waals surface area (Å²) >= 11 is 5.14. The van der Waals surface area contributed by atoms with Crippen LogP contribution in [0.25, 0.3) is 10.9 Å². The minimum absolute atomic E-state index is 0.103. The molecule has 4 aromatic rings. The smallest absolute Gasteiger partial charge is 0.173 e. The Labute approximate surface area is 182 Å². The van der Waals surface area contributed by atoms with Crippen LogP contribution in [0.15, 0.2) is 94.4 Å². The van der Waals surface area contributed by atoms with E-state index in [2.05, 4.69) is 38.4 Å². The molecule has 0 saturated heterocycles. The van der Waals surface area contributed by atoms with Gasteiger partial charge < -0.3 is 5.32 Å². The molecule has 3 nitrogen and oxygen atoms in total. The molecule has 1 heterocycles. The summed E-state index contributed by atoms with van der Waals surface area (Å²) in [6.45, 7) is 0.734. The Kier molecular flexibility index (Phi) is 6.27. The first-order valence-corrected chi connectivity index (χ1v) is 11.1. The minimum atomic E-state index is 0.103. The highest BCUT2D eigenvalue weighted by Gasteiger charge is 2.11. The van der Waals surface area contributed by atoms with Gasteiger partial charge in [-0.05, 0) is 51.8 Å². The van der Waals surface area contributed by atoms with Gasteiger partial charge in [0.15, 0.2) is 5.78 Å². The van der Waals surface area contributed by atoms with Crippen LogP contribution in [0.3, 0.4) is 0 Å². The van der Waals surface area contributed by atoms with E-state index in [1.165, 1.54) is 5.56 Å². The summed E-state index contributed by atoms with van der Waals surface area (Å²) in [7, 11) is 0. The van der Waals surface area contributed by atoms with E-state index in [4.69, 9.17) is 0 Å². The fourth-order valence-electron chi connectivity index (χ4n) is 3.05. The SMILES string of the molecule is O=C(CSc1ccnc2ccccc12)c1ccc(NCc2ccccc2)c(Br)c1. The zero-order valence-electron chi connectivity index (χ0n) is 15.6. The Morgan fingerprint density at radius 3 is 2.59 bits per heavy atom. The van der Waals surface area contributed by atoms with E-state index in [1.807, 2.05) is 66.7 Å². The lowest BCUT2D eigenvalue weighted by atomic mass is 10.1. The predicted molar refractivity (Wildman–Crippen MR) is 125 cm³/mol. The van der Waals surface area contributed by atoms with Crippen LogP contribution in [-0.2, 0) is 6.54 Å². The first-order chi connectivity index (χ1) is 14.2. The molecule has 0 saturated carbocycles. The standard InChI is InChI=1S/C24H19BrN2OS/c25-20-14-18(10-11-22(20)27-15-17-6-2-1-3-7-17)23(28)16-29-24-12-13-26-21-9-5-4-8-19(21)24/h1-14,27H,15-16H2. The molecule has 0 aliphatic carbocycles. The number of hydrogen-bond donors (Lipinski definition) is 1. The number of hydrogen-bond acceptors (Lipinski definition) is 4. The highest BCUT2D eigenvalue weighted by Crippen LogP contribution is 2.29. The zero-order valence-corrected chi connectivity index (χ0v) is 18.0. The molecule has 3 aromatic carbocycles. The molecule has 0 fully saturated rings. The van der Waals surface area contributed by atoms with Crippen molar-refractivity contribution >= 4 is 50.1 Å². The van der Waals surface area contributed by atoms with Crippen molar-refractivity contribution in [2.75, 3.05) is 11.1 Å². The molecule has 0 aliphatic rings. The summed E-state index contributed by atoms with van der Waals surface area (Å²) in [5.41, 5.74) is 3.83. The number of carbonyl (C=O) groups is 1. The van der Waals surface area contributed by atoms with Gasteiger partial charge in [0.25, 0.3) is 0 Å². The number of rotatable bonds is 7. The second kappa shape index (κ2) is 9.25. The lowest BCUT2D eigenvalue weighted by Crippen LogP contribution is -2.04. The number of halogens is 1. The Morgan fingerprint density at radius 1 is 0.966 bits per heavy atom. The van der Waals surface area contributed by atoms with Crippen molar-refractivity contribution in [2.24, 2.45) is 0 Å². The van der Waals surface area contributed by atoms with Gasteiger partial charge in [-0.1, -0.05) is 48.5 Å². The van der Waals surface area contributed by atoms with Gasteiger partial charge >= 0.3 is 0 Å². The number of carbonyl (C=O) groups excluding carboxylic acids is 1. The maximum atomic E-state index is 12.7. The summed E-state index contributed by atoms with van der Waals surface area (Å²) in [5, 5.41) is 4.48. The van der Waals surface area contributed by atoms with Crippen LogP contribution in [0.1, 0.15) is 15.9 Å². The summed E-state index contributed by atoms with van der Waals surface area (Å²) in [6.07, 6.45) is 1.79. The number of aromatic nitrogens is 1. The molecule has 0 unspecified atom stereocenters. The van der Waals surface area contributed by atoms with Crippen molar-refractivity contribution in [1.82, 2.24) is 4.98 Å². The van der Waals surface area contributed by atoms with Gasteiger partial charge in [0.1, 0.15) is 0 Å². The van der Waals surface area contributed by atoms with Gasteiger partial charge in [0.2, 0.25) is 0 Å². The molecule has 144 valence electrons. The lowest BCUT2D eigenvalue weighted by Gasteiger charge is -2.10. The molecule has 0 bridgehead atoms. The van der Waals surface area contributed by atoms with Crippen molar-refractivity contribution in [3.8, 4) is 0 Å². The lowest BCUT2D eigenvalue weighted by molar-refractivity contribution is 0.102. The number of ketones is 1. The van der Waals surface area contributed by atoms with Gasteiger partial charge in [0, 0.05) is 38.7 Å². The molecule has 1 aromatic heterocycles. The summed E-state index contributed by atoms with van der Waals surface area (Å²) in [4.78, 5) is 18.2. The predicted octanol–water partition coefficient (Wildman–Crippen LogP) is 6.58. The Balaban J connectivity index is 1.41. The monoisotopic (exact) mass is 462 g/mol. The average Bonchev–Trinajstić information content (AvgIpc) is 2.77. The van der Waals surface area contributed by atoms with Crippen LogP contribution in [0.5, 0.6) is 0 Å². The second-order valence-electron chi connectivity index (χ2n) is 6.57. The molecule has 4 rings (SSSR count). The maximum Gasteiger partial charge on any atom is 0.173 e. The number of Topliss-reactive ketones (excluding diaryl/α,β-unsaturated/α-hetero) is 1. The third kappa shape index (κ3) is 4.86. The number of nitrogens with zero attached hydrogens (tertiary/aromatic N) is 1. The normalized spacial score (nSPS) is 10.8. The topological polar surface area (TPSA) is 42.0 Å². The number of nitrogens with one attached hydrogen (secondary N) is 1. The molecule has 0 aliphatic heterocycles. The first kappa shape index (κ1) is 19.7. The Morgan fingerprint density at radius 2 is 1.76 bits per heavy atom. The molecule has 29 heavy (non-hydrogen) atoms. The van der Waals surface area contributed by atoms with Gasteiger partial charge in [-0.2, -0.15) is 0 Å². The van der Waals surface area contributed by atoms with Crippen LogP contribution >= 0.6 is 27.7 Å². The molecule has 5 heteroatoms. The van der Waals surface area contributed by atoms with Crippen LogP contribution in [0, 0.1) is 0 Å². The average molecular weight is 463 g/mol. The van der Waals surface area contributed by atoms with Crippen molar-refractivity contribution in [3.05, 3.63) is 101 Å². The van der Waals surface area contributed by atoms with Crippen molar-refractivity contribution in [2.45, 2.75) is 11.4 Å². The van der Waals surface area contributed by atoms with E-state index in [0.29, 0.717) is 11.3 Å². The number of thioether (sulfide) groups is 1. The molecule has 0 amide bonds. The quantitative estimate of drug-likeness (QED) is 0.248. The highest BCUT2D eigenvalue weighted by atomic mass is 79.9. The molecular formula is C24H19BrN2OS. The largest absolute Gasteiger partial charge is 0.380 e. The second-order valence-corrected chi connectivity index (χ2v) is 8.44. The molecule has 0 atom stereocenters. The van der Waals surface area contributed by atoms with Crippen LogP contribution in [0.4, 0.5) is 5.69 Å². The maximum absolute atomic E-state index is 12.7. The van der Waals surface area contributed by atoms with Crippen LogP contribution in [-0.4, -0.2) is 16.5 Å². The van der Waals surface area contributed by atoms with Gasteiger partial charge in [-0.3, -0.25) is 9.78 Å². The van der Waals surface area contributed by atoms with E-state index in [1.54, 1.807) is 18.0 Å². The number of benzene rings is 3. The fraction of sp³-hybridized carbons (Fsp3) is 0.0833. The first-order valence-electron chi connectivity index (χ1n) is 9.28. The number of para-hydroxylation sites is 1. The minimum Gasteiger partial charge on any atom is -0.380 e. The van der Waals surface area contributed by atoms with Crippen molar-refractivity contribution in [1.29, 1.82) is 0 Å². The zero-order chi connectivity index (χ0) is 20.1. The molecule has 1 N–H and O–H groups in total. The third-order valence-electron chi connectivity index (χ3n) is 4.58. The van der Waals surface area contributed by atoms with E-state index in [9.17, 15) is 4.79 Å². The summed E-state index contributed by atoms with van der Waals surface area (Å²) < 4.78 is 0.888. The number of fused-ring (bicyclic) bond motifs is 1. The van der Waals surface area contributed by atoms with E-state index >= 15 is 0 Å². The fourth-order valence-corrected chi connectivity index (χ4v) is 4.50. The molecule has 0 radical (unpaired) electrons.